The van der Waals surface area contributed by atoms with Crippen molar-refractivity contribution >= 4 is 46.3 Å². The molecule has 5 nitrogen and oxygen atoms in total. The van der Waals surface area contributed by atoms with Gasteiger partial charge in [-0.25, -0.2) is 0 Å². The third-order valence-electron chi connectivity index (χ3n) is 5.47. The minimum atomic E-state index is -0.184. The van der Waals surface area contributed by atoms with Crippen LogP contribution in [0.15, 0.2) is 72.8 Å². The number of amides is 1. The summed E-state index contributed by atoms with van der Waals surface area (Å²) in [5.41, 5.74) is 2.40. The number of piperazine rings is 1. The molecule has 1 saturated heterocycles. The fourth-order valence-electron chi connectivity index (χ4n) is 3.81. The molecule has 1 N–H and O–H groups in total. The van der Waals surface area contributed by atoms with Gasteiger partial charge in [0.2, 0.25) is 5.91 Å². The third-order valence-corrected chi connectivity index (χ3v) is 6.02. The highest BCUT2D eigenvalue weighted by Gasteiger charge is 2.22. The van der Waals surface area contributed by atoms with Crippen molar-refractivity contribution in [3.63, 3.8) is 0 Å². The number of nitrogens with zero attached hydrogens (tertiary/aromatic N) is 2. The molecule has 0 aliphatic carbocycles. The molecular formula is C25H23Cl2N3O2. The maximum absolute atomic E-state index is 13.0. The lowest BCUT2D eigenvalue weighted by molar-refractivity contribution is -0.117. The van der Waals surface area contributed by atoms with Crippen LogP contribution in [-0.4, -0.2) is 49.3 Å². The highest BCUT2D eigenvalue weighted by Crippen LogP contribution is 2.26. The predicted octanol–water partition coefficient (Wildman–Crippen LogP) is 4.99. The highest BCUT2D eigenvalue weighted by molar-refractivity contribution is 6.33. The summed E-state index contributed by atoms with van der Waals surface area (Å²) in [7, 11) is 0. The Labute approximate surface area is 197 Å². The van der Waals surface area contributed by atoms with E-state index < -0.39 is 0 Å². The van der Waals surface area contributed by atoms with Gasteiger partial charge in [0, 0.05) is 42.3 Å². The Bertz CT molecular complexity index is 1110. The molecule has 0 bridgehead atoms. The Kier molecular flexibility index (Phi) is 7.10. The maximum atomic E-state index is 13.0. The van der Waals surface area contributed by atoms with E-state index in [0.717, 1.165) is 36.9 Å². The fraction of sp³-hybridized carbons (Fsp3) is 0.200. The lowest BCUT2D eigenvalue weighted by atomic mass is 10.0. The molecule has 1 aliphatic heterocycles. The molecule has 0 atom stereocenters. The quantitative estimate of drug-likeness (QED) is 0.519. The van der Waals surface area contributed by atoms with Crippen molar-refractivity contribution in [3.8, 4) is 0 Å². The van der Waals surface area contributed by atoms with Crippen molar-refractivity contribution in [1.82, 2.24) is 4.90 Å². The highest BCUT2D eigenvalue weighted by atomic mass is 35.5. The first-order valence-electron chi connectivity index (χ1n) is 10.4. The maximum Gasteiger partial charge on any atom is 0.238 e. The molecule has 0 radical (unpaired) electrons. The zero-order valence-corrected chi connectivity index (χ0v) is 18.9. The Morgan fingerprint density at radius 2 is 1.53 bits per heavy atom. The molecule has 32 heavy (non-hydrogen) atoms. The molecule has 0 spiro atoms. The Morgan fingerprint density at radius 3 is 2.25 bits per heavy atom. The Morgan fingerprint density at radius 1 is 0.844 bits per heavy atom. The van der Waals surface area contributed by atoms with Gasteiger partial charge >= 0.3 is 0 Å². The molecule has 4 rings (SSSR count). The van der Waals surface area contributed by atoms with Crippen LogP contribution in [0.4, 0.5) is 11.4 Å². The van der Waals surface area contributed by atoms with E-state index in [0.29, 0.717) is 21.8 Å². The summed E-state index contributed by atoms with van der Waals surface area (Å²) in [6.45, 7) is 3.31. The molecular weight excluding hydrogens is 445 g/mol. The zero-order chi connectivity index (χ0) is 22.5. The van der Waals surface area contributed by atoms with Crippen molar-refractivity contribution in [1.29, 1.82) is 0 Å². The largest absolute Gasteiger partial charge is 0.368 e. The molecule has 1 fully saturated rings. The van der Waals surface area contributed by atoms with Gasteiger partial charge in [-0.2, -0.15) is 0 Å². The summed E-state index contributed by atoms with van der Waals surface area (Å²) in [6, 6.07) is 21.7. The van der Waals surface area contributed by atoms with E-state index in [4.69, 9.17) is 23.2 Å². The first-order chi connectivity index (χ1) is 15.5. The second-order valence-corrected chi connectivity index (χ2v) is 8.49. The number of carbonyl (C=O) groups excluding carboxylic acids is 2. The van der Waals surface area contributed by atoms with Gasteiger partial charge in [-0.05, 0) is 30.3 Å². The standard InChI is InChI=1S/C25H23Cl2N3O2/c26-19-10-11-22(20(16-19)25(32)18-6-2-1-3-7-18)28-24(31)17-29-12-14-30(15-13-29)23-9-5-4-8-21(23)27/h1-11,16H,12-15,17H2,(H,28,31). The Hall–Kier alpha value is -2.86. The second-order valence-electron chi connectivity index (χ2n) is 7.65. The molecule has 3 aromatic rings. The van der Waals surface area contributed by atoms with E-state index in [1.807, 2.05) is 30.3 Å². The van der Waals surface area contributed by atoms with Gasteiger partial charge in [0.25, 0.3) is 0 Å². The van der Waals surface area contributed by atoms with Crippen molar-refractivity contribution < 1.29 is 9.59 Å². The SMILES string of the molecule is O=C(CN1CCN(c2ccccc2Cl)CC1)Nc1ccc(Cl)cc1C(=O)c1ccccc1. The van der Waals surface area contributed by atoms with Crippen LogP contribution >= 0.6 is 23.2 Å². The van der Waals surface area contributed by atoms with Crippen LogP contribution in [0.5, 0.6) is 0 Å². The van der Waals surface area contributed by atoms with Crippen molar-refractivity contribution in [3.05, 3.63) is 94.0 Å². The van der Waals surface area contributed by atoms with E-state index in [1.54, 1.807) is 42.5 Å². The number of benzene rings is 3. The van der Waals surface area contributed by atoms with Crippen LogP contribution < -0.4 is 10.2 Å². The van der Waals surface area contributed by atoms with Crippen molar-refractivity contribution in [2.45, 2.75) is 0 Å². The number of nitrogens with one attached hydrogen (secondary N) is 1. The number of hydrogen-bond donors (Lipinski definition) is 1. The van der Waals surface area contributed by atoms with Gasteiger partial charge in [0.15, 0.2) is 5.78 Å². The molecule has 0 saturated carbocycles. The van der Waals surface area contributed by atoms with Crippen LogP contribution in [0.25, 0.3) is 0 Å². The summed E-state index contributed by atoms with van der Waals surface area (Å²) in [5.74, 6) is -0.350. The van der Waals surface area contributed by atoms with Crippen LogP contribution in [-0.2, 0) is 4.79 Å². The smallest absolute Gasteiger partial charge is 0.238 e. The molecule has 1 heterocycles. The zero-order valence-electron chi connectivity index (χ0n) is 17.4. The third kappa shape index (κ3) is 5.30. The molecule has 7 heteroatoms. The lowest BCUT2D eigenvalue weighted by Gasteiger charge is -2.36. The summed E-state index contributed by atoms with van der Waals surface area (Å²) < 4.78 is 0. The number of rotatable bonds is 6. The number of anilines is 2. The molecule has 0 unspecified atom stereocenters. The second kappa shape index (κ2) is 10.2. The van der Waals surface area contributed by atoms with Gasteiger partial charge in [-0.15, -0.1) is 0 Å². The van der Waals surface area contributed by atoms with E-state index in [9.17, 15) is 9.59 Å². The molecule has 0 aromatic heterocycles. The number of para-hydroxylation sites is 1. The topological polar surface area (TPSA) is 52.7 Å². The number of hydrogen-bond acceptors (Lipinski definition) is 4. The van der Waals surface area contributed by atoms with Crippen LogP contribution in [0, 0.1) is 0 Å². The number of carbonyl (C=O) groups is 2. The first kappa shape index (κ1) is 22.3. The predicted molar refractivity (Wildman–Crippen MR) is 130 cm³/mol. The monoisotopic (exact) mass is 467 g/mol. The minimum absolute atomic E-state index is 0.166. The summed E-state index contributed by atoms with van der Waals surface area (Å²) in [4.78, 5) is 30.0. The fourth-order valence-corrected chi connectivity index (χ4v) is 4.23. The number of ketones is 1. The van der Waals surface area contributed by atoms with Crippen molar-refractivity contribution in [2.75, 3.05) is 42.9 Å². The van der Waals surface area contributed by atoms with E-state index in [2.05, 4.69) is 15.1 Å². The number of halogens is 2. The molecule has 3 aromatic carbocycles. The Balaban J connectivity index is 1.39. The van der Waals surface area contributed by atoms with Gasteiger partial charge in [-0.1, -0.05) is 65.7 Å². The van der Waals surface area contributed by atoms with E-state index in [-0.39, 0.29) is 18.2 Å². The van der Waals surface area contributed by atoms with Gasteiger partial charge in [-0.3, -0.25) is 14.5 Å². The van der Waals surface area contributed by atoms with Crippen LogP contribution in [0.2, 0.25) is 10.0 Å². The van der Waals surface area contributed by atoms with Crippen molar-refractivity contribution in [2.24, 2.45) is 0 Å². The van der Waals surface area contributed by atoms with E-state index in [1.165, 1.54) is 0 Å². The normalized spacial score (nSPS) is 14.2. The molecule has 1 amide bonds. The summed E-state index contributed by atoms with van der Waals surface area (Å²) in [5, 5.41) is 4.07. The minimum Gasteiger partial charge on any atom is -0.368 e. The summed E-state index contributed by atoms with van der Waals surface area (Å²) in [6.07, 6.45) is 0. The average Bonchev–Trinajstić information content (AvgIpc) is 2.81. The lowest BCUT2D eigenvalue weighted by Crippen LogP contribution is -2.48. The van der Waals surface area contributed by atoms with E-state index >= 15 is 0 Å². The van der Waals surface area contributed by atoms with Gasteiger partial charge in [0.05, 0.1) is 22.9 Å². The first-order valence-corrected chi connectivity index (χ1v) is 11.2. The van der Waals surface area contributed by atoms with Gasteiger partial charge in [0.1, 0.15) is 0 Å². The van der Waals surface area contributed by atoms with Crippen LogP contribution in [0.1, 0.15) is 15.9 Å². The molecule has 1 aliphatic rings. The van der Waals surface area contributed by atoms with Gasteiger partial charge < -0.3 is 10.2 Å². The molecule has 164 valence electrons. The van der Waals surface area contributed by atoms with Crippen LogP contribution in [0.3, 0.4) is 0 Å². The average molecular weight is 468 g/mol. The summed E-state index contributed by atoms with van der Waals surface area (Å²) >= 11 is 12.4.